The predicted molar refractivity (Wildman–Crippen MR) is 66.8 cm³/mol. The largest absolute Gasteiger partial charge is 0.328 e. The van der Waals surface area contributed by atoms with E-state index < -0.39 is 15.2 Å². The Bertz CT molecular complexity index is 262. The Labute approximate surface area is 106 Å². The molecule has 0 saturated heterocycles. The molecule has 0 radical (unpaired) electrons. The molecule has 0 aliphatic rings. The fourth-order valence-corrected chi connectivity index (χ4v) is 1.96. The number of unbranched alkanes of at least 4 members (excludes halogenated alkanes) is 1. The van der Waals surface area contributed by atoms with Crippen molar-refractivity contribution in [2.75, 3.05) is 18.9 Å². The van der Waals surface area contributed by atoms with Crippen molar-refractivity contribution in [3.8, 4) is 0 Å². The molecule has 0 aromatic carbocycles. The second-order valence-corrected chi connectivity index (χ2v) is 7.22. The molecule has 8 N–H and O–H groups in total. The van der Waals surface area contributed by atoms with Gasteiger partial charge in [0, 0.05) is 18.9 Å². The van der Waals surface area contributed by atoms with Crippen LogP contribution in [0.5, 0.6) is 0 Å². The topological polar surface area (TPSA) is 176 Å². The van der Waals surface area contributed by atoms with Gasteiger partial charge in [-0.2, -0.15) is 0 Å². The lowest BCUT2D eigenvalue weighted by Gasteiger charge is -2.04. The van der Waals surface area contributed by atoms with Gasteiger partial charge in [0.2, 0.25) is 0 Å². The molecule has 1 atom stereocenters. The van der Waals surface area contributed by atoms with E-state index >= 15 is 0 Å². The zero-order valence-corrected chi connectivity index (χ0v) is 12.0. The van der Waals surface area contributed by atoms with Crippen molar-refractivity contribution >= 4 is 15.2 Å². The maximum absolute atomic E-state index is 10.3. The van der Waals surface area contributed by atoms with Crippen LogP contribution in [0.25, 0.3) is 0 Å². The lowest BCUT2D eigenvalue weighted by atomic mass is 10.4. The van der Waals surface area contributed by atoms with E-state index in [-0.39, 0.29) is 31.3 Å². The van der Waals surface area contributed by atoms with Crippen molar-refractivity contribution in [3.05, 3.63) is 0 Å². The molecule has 0 fully saturated rings. The maximum atomic E-state index is 10.3. The van der Waals surface area contributed by atoms with Gasteiger partial charge in [0.25, 0.3) is 0 Å². The minimum atomic E-state index is -4.00. The standard InChI is InChI=1S/C4H12O6P2.C3H10N2O/c5-11(6,7)3-1-2-4-12(8,9)10;1-3(2-4)6-5/h1-4H2,(H2,5,6,7)(H2,8,9,10);3H,2,4-5H2,1H3. The van der Waals surface area contributed by atoms with Gasteiger partial charge in [-0.05, 0) is 19.8 Å². The summed E-state index contributed by atoms with van der Waals surface area (Å²) < 4.78 is 20.5. The highest BCUT2D eigenvalue weighted by Gasteiger charge is 2.15. The third kappa shape index (κ3) is 21.5. The van der Waals surface area contributed by atoms with Gasteiger partial charge in [0.1, 0.15) is 0 Å². The number of rotatable bonds is 7. The number of hydrogen-bond donors (Lipinski definition) is 6. The van der Waals surface area contributed by atoms with Crippen molar-refractivity contribution in [3.63, 3.8) is 0 Å². The van der Waals surface area contributed by atoms with Crippen molar-refractivity contribution in [2.45, 2.75) is 25.9 Å². The van der Waals surface area contributed by atoms with Crippen LogP contribution in [0.15, 0.2) is 0 Å². The molecular weight excluding hydrogens is 286 g/mol. The van der Waals surface area contributed by atoms with E-state index in [1.54, 1.807) is 6.92 Å². The Morgan fingerprint density at radius 2 is 1.39 bits per heavy atom. The number of nitrogens with two attached hydrogens (primary N) is 2. The fraction of sp³-hybridized carbons (Fsp3) is 1.00. The van der Waals surface area contributed by atoms with E-state index in [0.717, 1.165) is 0 Å². The van der Waals surface area contributed by atoms with Crippen LogP contribution in [-0.4, -0.2) is 44.5 Å². The molecule has 0 amide bonds. The van der Waals surface area contributed by atoms with Crippen LogP contribution >= 0.6 is 15.2 Å². The van der Waals surface area contributed by atoms with Gasteiger partial charge in [-0.15, -0.1) is 0 Å². The van der Waals surface area contributed by atoms with Crippen LogP contribution in [0.2, 0.25) is 0 Å². The summed E-state index contributed by atoms with van der Waals surface area (Å²) in [6.45, 7) is 2.29. The highest BCUT2D eigenvalue weighted by Crippen LogP contribution is 2.38. The minimum absolute atomic E-state index is 0.00926. The Hall–Kier alpha value is 0.180. The molecule has 0 aromatic rings. The molecular formula is C7H22N2O7P2. The summed E-state index contributed by atoms with van der Waals surface area (Å²) in [6, 6.07) is 0. The second kappa shape index (κ2) is 10.0. The quantitative estimate of drug-likeness (QED) is 0.202. The van der Waals surface area contributed by atoms with Gasteiger partial charge in [0.15, 0.2) is 0 Å². The highest BCUT2D eigenvalue weighted by molar-refractivity contribution is 7.52. The average molecular weight is 308 g/mol. The zero-order chi connectivity index (χ0) is 14.8. The first kappa shape index (κ1) is 20.5. The Morgan fingerprint density at radius 3 is 1.50 bits per heavy atom. The van der Waals surface area contributed by atoms with Crippen LogP contribution in [-0.2, 0) is 14.0 Å². The number of hydrogen-bond acceptors (Lipinski definition) is 5. The molecule has 9 nitrogen and oxygen atoms in total. The third-order valence-corrected chi connectivity index (χ3v) is 3.51. The van der Waals surface area contributed by atoms with Crippen LogP contribution in [0.3, 0.4) is 0 Å². The van der Waals surface area contributed by atoms with Crippen molar-refractivity contribution in [1.82, 2.24) is 0 Å². The van der Waals surface area contributed by atoms with E-state index in [4.69, 9.17) is 31.2 Å². The maximum Gasteiger partial charge on any atom is 0.325 e. The molecule has 0 rings (SSSR count). The summed E-state index contributed by atoms with van der Waals surface area (Å²) in [6.07, 6.45) is -0.366. The second-order valence-electron chi connectivity index (χ2n) is 3.67. The first-order valence-corrected chi connectivity index (χ1v) is 8.76. The van der Waals surface area contributed by atoms with Crippen LogP contribution in [0, 0.1) is 0 Å². The van der Waals surface area contributed by atoms with Gasteiger partial charge < -0.3 is 30.1 Å². The van der Waals surface area contributed by atoms with E-state index in [1.807, 2.05) is 0 Å². The SMILES string of the molecule is CC(CN)ON.O=P(O)(O)CCCCP(=O)(O)O. The van der Waals surface area contributed by atoms with E-state index in [2.05, 4.69) is 4.84 Å². The van der Waals surface area contributed by atoms with Crippen molar-refractivity contribution in [1.29, 1.82) is 0 Å². The lowest BCUT2D eigenvalue weighted by Crippen LogP contribution is -2.22. The van der Waals surface area contributed by atoms with Crippen molar-refractivity contribution < 1.29 is 33.5 Å². The predicted octanol–water partition coefficient (Wildman–Crippen LogP) is -0.654. The van der Waals surface area contributed by atoms with Gasteiger partial charge in [-0.1, -0.05) is 0 Å². The molecule has 0 saturated carbocycles. The van der Waals surface area contributed by atoms with Gasteiger partial charge >= 0.3 is 15.2 Å². The highest BCUT2D eigenvalue weighted by atomic mass is 31.2. The van der Waals surface area contributed by atoms with E-state index in [1.165, 1.54) is 0 Å². The molecule has 0 aliphatic heterocycles. The van der Waals surface area contributed by atoms with Gasteiger partial charge in [-0.25, -0.2) is 5.90 Å². The summed E-state index contributed by atoms with van der Waals surface area (Å²) in [4.78, 5) is 37.7. The summed E-state index contributed by atoms with van der Waals surface area (Å²) in [7, 11) is -8.00. The van der Waals surface area contributed by atoms with Gasteiger partial charge in [-0.3, -0.25) is 9.13 Å². The smallest absolute Gasteiger partial charge is 0.325 e. The molecule has 18 heavy (non-hydrogen) atoms. The molecule has 112 valence electrons. The molecule has 0 aliphatic carbocycles. The van der Waals surface area contributed by atoms with Crippen LogP contribution in [0.1, 0.15) is 19.8 Å². The fourth-order valence-electron chi connectivity index (χ4n) is 0.691. The van der Waals surface area contributed by atoms with Crippen LogP contribution < -0.4 is 11.6 Å². The summed E-state index contributed by atoms with van der Waals surface area (Å²) >= 11 is 0. The summed E-state index contributed by atoms with van der Waals surface area (Å²) in [5.41, 5.74) is 5.08. The molecule has 1 unspecified atom stereocenters. The molecule has 0 aromatic heterocycles. The molecule has 0 bridgehead atoms. The molecule has 0 heterocycles. The third-order valence-electron chi connectivity index (χ3n) is 1.71. The molecule has 11 heteroatoms. The monoisotopic (exact) mass is 308 g/mol. The van der Waals surface area contributed by atoms with E-state index in [0.29, 0.717) is 6.54 Å². The minimum Gasteiger partial charge on any atom is -0.328 e. The first-order valence-electron chi connectivity index (χ1n) is 5.16. The normalized spacial score (nSPS) is 13.7. The van der Waals surface area contributed by atoms with Crippen molar-refractivity contribution in [2.24, 2.45) is 11.6 Å². The summed E-state index contributed by atoms with van der Waals surface area (Å²) in [5.74, 6) is 4.70. The Balaban J connectivity index is 0. The average Bonchev–Trinajstić information content (AvgIpc) is 2.22. The molecule has 0 spiro atoms. The summed E-state index contributed by atoms with van der Waals surface area (Å²) in [5, 5.41) is 0. The zero-order valence-electron chi connectivity index (χ0n) is 10.2. The first-order chi connectivity index (χ1) is 8.02. The van der Waals surface area contributed by atoms with Gasteiger partial charge in [0.05, 0.1) is 6.10 Å². The Kier molecular flexibility index (Phi) is 11.4. The lowest BCUT2D eigenvalue weighted by molar-refractivity contribution is 0.0728. The van der Waals surface area contributed by atoms with E-state index in [9.17, 15) is 9.13 Å². The van der Waals surface area contributed by atoms with Crippen LogP contribution in [0.4, 0.5) is 0 Å². The Morgan fingerprint density at radius 1 is 1.06 bits per heavy atom.